The number of hydrogen-bond acceptors (Lipinski definition) is 2. The first-order valence-corrected chi connectivity index (χ1v) is 7.25. The minimum atomic E-state index is -4.34. The molecule has 1 aromatic rings. The zero-order chi connectivity index (χ0) is 16.4. The first kappa shape index (κ1) is 18.1. The minimum Gasteiger partial charge on any atom is -0.484 e. The largest absolute Gasteiger partial charge is 0.484 e. The Hall–Kier alpha value is -1.92. The highest BCUT2D eigenvalue weighted by molar-refractivity contribution is 5.79. The molecule has 0 atom stereocenters. The van der Waals surface area contributed by atoms with Crippen molar-refractivity contribution in [2.75, 3.05) is 19.7 Å². The molecule has 1 aromatic carbocycles. The number of benzene rings is 1. The van der Waals surface area contributed by atoms with Gasteiger partial charge in [0.05, 0.1) is 6.54 Å². The molecule has 0 spiro atoms. The zero-order valence-electron chi connectivity index (χ0n) is 12.8. The molecular formula is C15H22F3N3O. The highest BCUT2D eigenvalue weighted by atomic mass is 19.4. The van der Waals surface area contributed by atoms with Gasteiger partial charge >= 0.3 is 6.18 Å². The molecule has 0 aromatic heterocycles. The number of rotatable bonds is 7. The van der Waals surface area contributed by atoms with Crippen LogP contribution in [0.25, 0.3) is 0 Å². The standard InChI is InChI=1S/C15H22F3N3O/c1-3-8-20-14(19-4-2)21-10-12-6-5-7-13(9-12)22-11-15(16,17)18/h5-7,9H,3-4,8,10-11H2,1-2H3,(H2,19,20,21). The van der Waals surface area contributed by atoms with Crippen molar-refractivity contribution in [2.45, 2.75) is 33.0 Å². The van der Waals surface area contributed by atoms with E-state index in [9.17, 15) is 13.2 Å². The number of nitrogens with one attached hydrogen (secondary N) is 2. The maximum atomic E-state index is 12.1. The van der Waals surface area contributed by atoms with Crippen molar-refractivity contribution in [2.24, 2.45) is 4.99 Å². The second-order valence-electron chi connectivity index (χ2n) is 4.67. The summed E-state index contributed by atoms with van der Waals surface area (Å²) >= 11 is 0. The van der Waals surface area contributed by atoms with Crippen LogP contribution >= 0.6 is 0 Å². The monoisotopic (exact) mass is 317 g/mol. The van der Waals surface area contributed by atoms with E-state index in [1.807, 2.05) is 6.92 Å². The molecule has 4 nitrogen and oxygen atoms in total. The van der Waals surface area contributed by atoms with E-state index in [1.54, 1.807) is 18.2 Å². The lowest BCUT2D eigenvalue weighted by atomic mass is 10.2. The fourth-order valence-electron chi connectivity index (χ4n) is 1.65. The summed E-state index contributed by atoms with van der Waals surface area (Å²) in [6.45, 7) is 4.64. The van der Waals surface area contributed by atoms with Crippen LogP contribution in [0.4, 0.5) is 13.2 Å². The number of aliphatic imine (C=N–C) groups is 1. The van der Waals surface area contributed by atoms with Crippen molar-refractivity contribution in [1.29, 1.82) is 0 Å². The third-order valence-electron chi connectivity index (χ3n) is 2.61. The first-order valence-electron chi connectivity index (χ1n) is 7.25. The summed E-state index contributed by atoms with van der Waals surface area (Å²) in [5.41, 5.74) is 0.786. The van der Waals surface area contributed by atoms with Crippen molar-refractivity contribution >= 4 is 5.96 Å². The third-order valence-corrected chi connectivity index (χ3v) is 2.61. The molecule has 22 heavy (non-hydrogen) atoms. The van der Waals surface area contributed by atoms with Gasteiger partial charge in [-0.25, -0.2) is 4.99 Å². The van der Waals surface area contributed by atoms with E-state index in [-0.39, 0.29) is 5.75 Å². The van der Waals surface area contributed by atoms with E-state index in [4.69, 9.17) is 4.74 Å². The summed E-state index contributed by atoms with van der Waals surface area (Å²) in [5, 5.41) is 6.27. The minimum absolute atomic E-state index is 0.191. The van der Waals surface area contributed by atoms with Crippen LogP contribution in [0, 0.1) is 0 Å². The Bertz CT molecular complexity index is 475. The van der Waals surface area contributed by atoms with Gasteiger partial charge in [-0.1, -0.05) is 19.1 Å². The van der Waals surface area contributed by atoms with Crippen molar-refractivity contribution in [1.82, 2.24) is 10.6 Å². The van der Waals surface area contributed by atoms with Crippen LogP contribution in [0.2, 0.25) is 0 Å². The Morgan fingerprint density at radius 3 is 2.64 bits per heavy atom. The Morgan fingerprint density at radius 1 is 1.23 bits per heavy atom. The smallest absolute Gasteiger partial charge is 0.422 e. The lowest BCUT2D eigenvalue weighted by Gasteiger charge is -2.11. The van der Waals surface area contributed by atoms with Crippen LogP contribution in [-0.4, -0.2) is 31.8 Å². The van der Waals surface area contributed by atoms with Gasteiger partial charge in [0.25, 0.3) is 0 Å². The summed E-state index contributed by atoms with van der Waals surface area (Å²) in [4.78, 5) is 4.39. The van der Waals surface area contributed by atoms with Crippen LogP contribution in [0.5, 0.6) is 5.75 Å². The highest BCUT2D eigenvalue weighted by Gasteiger charge is 2.28. The molecule has 0 saturated heterocycles. The van der Waals surface area contributed by atoms with E-state index >= 15 is 0 Å². The molecule has 124 valence electrons. The number of ether oxygens (including phenoxy) is 1. The lowest BCUT2D eigenvalue weighted by Crippen LogP contribution is -2.37. The quantitative estimate of drug-likeness (QED) is 0.600. The number of hydrogen-bond donors (Lipinski definition) is 2. The lowest BCUT2D eigenvalue weighted by molar-refractivity contribution is -0.153. The van der Waals surface area contributed by atoms with Crippen molar-refractivity contribution < 1.29 is 17.9 Å². The first-order chi connectivity index (χ1) is 10.4. The molecule has 0 aliphatic rings. The average molecular weight is 317 g/mol. The van der Waals surface area contributed by atoms with Crippen molar-refractivity contribution in [3.63, 3.8) is 0 Å². The summed E-state index contributed by atoms with van der Waals surface area (Å²) in [7, 11) is 0. The van der Waals surface area contributed by atoms with E-state index in [2.05, 4.69) is 22.5 Å². The maximum absolute atomic E-state index is 12.1. The molecule has 7 heteroatoms. The van der Waals surface area contributed by atoms with Crippen molar-refractivity contribution in [3.8, 4) is 5.75 Å². The Balaban J connectivity index is 2.64. The molecule has 0 amide bonds. The van der Waals surface area contributed by atoms with Crippen molar-refractivity contribution in [3.05, 3.63) is 29.8 Å². The molecule has 0 fully saturated rings. The van der Waals surface area contributed by atoms with E-state index in [0.29, 0.717) is 12.5 Å². The molecule has 0 heterocycles. The van der Waals surface area contributed by atoms with Gasteiger partial charge in [-0.2, -0.15) is 13.2 Å². The number of nitrogens with zero attached hydrogens (tertiary/aromatic N) is 1. The summed E-state index contributed by atoms with van der Waals surface area (Å²) < 4.78 is 41.1. The van der Waals surface area contributed by atoms with Gasteiger partial charge in [0, 0.05) is 13.1 Å². The Kier molecular flexibility index (Phi) is 7.56. The maximum Gasteiger partial charge on any atom is 0.422 e. The SMILES string of the molecule is CCCNC(=NCc1cccc(OCC(F)(F)F)c1)NCC. The molecule has 0 aliphatic heterocycles. The Labute approximate surface area is 128 Å². The zero-order valence-corrected chi connectivity index (χ0v) is 12.8. The van der Waals surface area contributed by atoms with E-state index in [1.165, 1.54) is 6.07 Å². The number of guanidine groups is 1. The third kappa shape index (κ3) is 7.75. The molecule has 0 bridgehead atoms. The van der Waals surface area contributed by atoms with Gasteiger partial charge in [0.15, 0.2) is 12.6 Å². The number of halogens is 3. The predicted molar refractivity (Wildman–Crippen MR) is 81.1 cm³/mol. The normalized spacial score (nSPS) is 12.1. The van der Waals surface area contributed by atoms with Crippen LogP contribution in [-0.2, 0) is 6.54 Å². The van der Waals surface area contributed by atoms with Crippen LogP contribution < -0.4 is 15.4 Å². The van der Waals surface area contributed by atoms with Gasteiger partial charge in [-0.15, -0.1) is 0 Å². The molecule has 2 N–H and O–H groups in total. The average Bonchev–Trinajstić information content (AvgIpc) is 2.48. The van der Waals surface area contributed by atoms with Gasteiger partial charge in [-0.05, 0) is 31.0 Å². The number of alkyl halides is 3. The molecule has 1 rings (SSSR count). The second kappa shape index (κ2) is 9.17. The van der Waals surface area contributed by atoms with Crippen LogP contribution in [0.3, 0.4) is 0 Å². The van der Waals surface area contributed by atoms with Crippen LogP contribution in [0.15, 0.2) is 29.3 Å². The van der Waals surface area contributed by atoms with E-state index < -0.39 is 12.8 Å². The summed E-state index contributed by atoms with van der Waals surface area (Å²) in [5.74, 6) is 0.877. The topological polar surface area (TPSA) is 45.7 Å². The summed E-state index contributed by atoms with van der Waals surface area (Å²) in [6, 6.07) is 6.52. The van der Waals surface area contributed by atoms with Crippen LogP contribution in [0.1, 0.15) is 25.8 Å². The van der Waals surface area contributed by atoms with Gasteiger partial charge < -0.3 is 15.4 Å². The molecule has 0 saturated carbocycles. The summed E-state index contributed by atoms with van der Waals surface area (Å²) in [6.07, 6.45) is -3.36. The fraction of sp³-hybridized carbons (Fsp3) is 0.533. The fourth-order valence-corrected chi connectivity index (χ4v) is 1.65. The van der Waals surface area contributed by atoms with Gasteiger partial charge in [0.1, 0.15) is 5.75 Å². The highest BCUT2D eigenvalue weighted by Crippen LogP contribution is 2.19. The van der Waals surface area contributed by atoms with E-state index in [0.717, 1.165) is 25.1 Å². The molecule has 0 radical (unpaired) electrons. The van der Waals surface area contributed by atoms with Gasteiger partial charge in [-0.3, -0.25) is 0 Å². The predicted octanol–water partition coefficient (Wildman–Crippen LogP) is 3.09. The molecular weight excluding hydrogens is 295 g/mol. The van der Waals surface area contributed by atoms with Gasteiger partial charge in [0.2, 0.25) is 0 Å². The molecule has 0 aliphatic carbocycles. The Morgan fingerprint density at radius 2 is 2.00 bits per heavy atom. The molecule has 0 unspecified atom stereocenters. The second-order valence-corrected chi connectivity index (χ2v) is 4.67.